The van der Waals surface area contributed by atoms with Crippen LogP contribution in [-0.4, -0.2) is 33.8 Å². The molecule has 2 fully saturated rings. The second kappa shape index (κ2) is 8.42. The van der Waals surface area contributed by atoms with E-state index in [1.807, 2.05) is 12.1 Å². The summed E-state index contributed by atoms with van der Waals surface area (Å²) in [7, 11) is 1.69. The summed E-state index contributed by atoms with van der Waals surface area (Å²) in [6, 6.07) is 10.2. The lowest BCUT2D eigenvalue weighted by atomic mass is 9.48. The molecule has 0 aliphatic heterocycles. The van der Waals surface area contributed by atoms with E-state index >= 15 is 0 Å². The Bertz CT molecular complexity index is 1460. The molecular formula is C32H37N3O3. The van der Waals surface area contributed by atoms with Crippen molar-refractivity contribution >= 4 is 11.6 Å². The Kier molecular flexibility index (Phi) is 5.30. The van der Waals surface area contributed by atoms with Crippen molar-refractivity contribution in [3.63, 3.8) is 0 Å². The van der Waals surface area contributed by atoms with E-state index in [9.17, 15) is 4.79 Å². The van der Waals surface area contributed by atoms with Gasteiger partial charge in [0.1, 0.15) is 11.9 Å². The molecule has 6 heteroatoms. The number of nitrogens with zero attached hydrogens (tertiary/aromatic N) is 3. The van der Waals surface area contributed by atoms with Gasteiger partial charge in [-0.05, 0) is 91.5 Å². The van der Waals surface area contributed by atoms with Crippen molar-refractivity contribution in [1.29, 1.82) is 0 Å². The number of aromatic nitrogens is 3. The highest BCUT2D eigenvalue weighted by Crippen LogP contribution is 2.64. The van der Waals surface area contributed by atoms with Crippen LogP contribution in [0.3, 0.4) is 0 Å². The van der Waals surface area contributed by atoms with Crippen molar-refractivity contribution in [1.82, 2.24) is 14.6 Å². The number of rotatable bonds is 3. The van der Waals surface area contributed by atoms with Crippen molar-refractivity contribution in [2.75, 3.05) is 7.11 Å². The Morgan fingerprint density at radius 2 is 1.84 bits per heavy atom. The monoisotopic (exact) mass is 511 g/mol. The Morgan fingerprint density at radius 3 is 2.61 bits per heavy atom. The average molecular weight is 512 g/mol. The number of hydrogen-bond acceptors (Lipinski definition) is 5. The molecule has 4 aliphatic rings. The highest BCUT2D eigenvalue weighted by Gasteiger charge is 2.58. The molecule has 0 N–H and O–H groups in total. The van der Waals surface area contributed by atoms with Crippen LogP contribution >= 0.6 is 0 Å². The van der Waals surface area contributed by atoms with E-state index in [-0.39, 0.29) is 22.9 Å². The first-order valence-electron chi connectivity index (χ1n) is 14.2. The highest BCUT2D eigenvalue weighted by atomic mass is 16.5. The first-order valence-corrected chi connectivity index (χ1v) is 14.2. The lowest BCUT2D eigenvalue weighted by Gasteiger charge is -2.57. The summed E-state index contributed by atoms with van der Waals surface area (Å²) in [6.45, 7) is 6.52. The van der Waals surface area contributed by atoms with Gasteiger partial charge in [0, 0.05) is 36.6 Å². The predicted molar refractivity (Wildman–Crippen MR) is 146 cm³/mol. The summed E-state index contributed by atoms with van der Waals surface area (Å²) < 4.78 is 13.1. The first kappa shape index (κ1) is 23.9. The average Bonchev–Trinajstić information content (AvgIpc) is 3.47. The van der Waals surface area contributed by atoms with Crippen molar-refractivity contribution in [3.05, 3.63) is 59.4 Å². The van der Waals surface area contributed by atoms with E-state index in [1.54, 1.807) is 7.11 Å². The zero-order chi connectivity index (χ0) is 26.2. The molecule has 0 spiro atoms. The van der Waals surface area contributed by atoms with Crippen LogP contribution in [0.1, 0.15) is 70.6 Å². The van der Waals surface area contributed by atoms with E-state index in [0.717, 1.165) is 54.8 Å². The molecule has 3 aromatic rings. The van der Waals surface area contributed by atoms with Gasteiger partial charge in [-0.15, -0.1) is 0 Å². The molecule has 1 aromatic carbocycles. The fourth-order valence-electron chi connectivity index (χ4n) is 8.82. The van der Waals surface area contributed by atoms with Crippen LogP contribution in [0.25, 0.3) is 16.9 Å². The summed E-state index contributed by atoms with van der Waals surface area (Å²) in [5.74, 6) is 2.63. The van der Waals surface area contributed by atoms with E-state index in [0.29, 0.717) is 17.8 Å². The number of carbonyl (C=O) groups is 1. The minimum absolute atomic E-state index is 0.0482. The van der Waals surface area contributed by atoms with Crippen molar-refractivity contribution in [3.8, 4) is 17.0 Å². The Balaban J connectivity index is 1.22. The normalized spacial score (nSPS) is 33.5. The van der Waals surface area contributed by atoms with Crippen LogP contribution in [0.2, 0.25) is 0 Å². The molecule has 4 aliphatic carbocycles. The summed E-state index contributed by atoms with van der Waals surface area (Å²) in [6.07, 6.45) is 12.3. The number of methoxy groups -OCH3 is 1. The van der Waals surface area contributed by atoms with Crippen molar-refractivity contribution in [2.45, 2.75) is 77.2 Å². The number of carbonyl (C=O) groups excluding carboxylic acids is 1. The SMILES string of the molecule is COc1ccc(-c2cc3ncc4c(n3n2)[C@@]2(C)CC[C@H]3[C@@H](CC=C5C[C@@H](OC(C)=O)CC[C@@]53C)[C@@H]2C4)cc1. The van der Waals surface area contributed by atoms with Gasteiger partial charge in [-0.25, -0.2) is 9.50 Å². The Morgan fingerprint density at radius 1 is 1.05 bits per heavy atom. The summed E-state index contributed by atoms with van der Waals surface area (Å²) in [5, 5.41) is 5.12. The van der Waals surface area contributed by atoms with Gasteiger partial charge in [-0.1, -0.05) is 25.5 Å². The third-order valence-electron chi connectivity index (χ3n) is 10.7. The minimum atomic E-state index is -0.154. The van der Waals surface area contributed by atoms with Crippen LogP contribution in [0.15, 0.2) is 48.2 Å². The number of benzene rings is 1. The van der Waals surface area contributed by atoms with E-state index in [1.165, 1.54) is 36.6 Å². The molecule has 0 bridgehead atoms. The van der Waals surface area contributed by atoms with Gasteiger partial charge in [0.05, 0.1) is 18.5 Å². The van der Waals surface area contributed by atoms with E-state index in [4.69, 9.17) is 19.6 Å². The van der Waals surface area contributed by atoms with Gasteiger partial charge in [-0.3, -0.25) is 4.79 Å². The number of ether oxygens (including phenoxy) is 2. The molecule has 6 nitrogen and oxygen atoms in total. The third kappa shape index (κ3) is 3.41. The maximum atomic E-state index is 11.6. The molecule has 0 amide bonds. The summed E-state index contributed by atoms with van der Waals surface area (Å²) in [5.41, 5.74) is 7.56. The molecule has 0 saturated heterocycles. The van der Waals surface area contributed by atoms with Crippen molar-refractivity contribution in [2.24, 2.45) is 23.2 Å². The lowest BCUT2D eigenvalue weighted by molar-refractivity contribution is -0.148. The standard InChI is InChI=1S/C32H37N3O3/c1-19(36)38-24-11-13-31(2)22(16-24)7-10-25-26(31)12-14-32(3)27(25)15-21-18-33-29-17-28(34-35(29)30(21)32)20-5-8-23(37-4)9-6-20/h5-9,17-18,24-27H,10-16H2,1-4H3/t24-,25+,26-,27-,31-,32-/m0/s1. The van der Waals surface area contributed by atoms with Crippen molar-refractivity contribution < 1.29 is 14.3 Å². The Hall–Kier alpha value is -3.15. The van der Waals surface area contributed by atoms with Gasteiger partial charge in [-0.2, -0.15) is 5.10 Å². The highest BCUT2D eigenvalue weighted by molar-refractivity contribution is 5.66. The molecule has 7 rings (SSSR count). The van der Waals surface area contributed by atoms with Crippen LogP contribution in [0, 0.1) is 23.2 Å². The number of fused-ring (bicyclic) bond motifs is 9. The summed E-state index contributed by atoms with van der Waals surface area (Å²) >= 11 is 0. The topological polar surface area (TPSA) is 65.7 Å². The quantitative estimate of drug-likeness (QED) is 0.304. The third-order valence-corrected chi connectivity index (χ3v) is 10.7. The zero-order valence-corrected chi connectivity index (χ0v) is 22.9. The van der Waals surface area contributed by atoms with E-state index in [2.05, 4.69) is 48.8 Å². The molecule has 0 unspecified atom stereocenters. The number of esters is 1. The molecule has 198 valence electrons. The first-order chi connectivity index (χ1) is 18.3. The second-order valence-electron chi connectivity index (χ2n) is 12.6. The molecule has 6 atom stereocenters. The molecular weight excluding hydrogens is 474 g/mol. The zero-order valence-electron chi connectivity index (χ0n) is 22.9. The van der Waals surface area contributed by atoms with Gasteiger partial charge in [0.15, 0.2) is 5.65 Å². The maximum absolute atomic E-state index is 11.6. The lowest BCUT2D eigenvalue weighted by Crippen LogP contribution is -2.51. The molecule has 0 radical (unpaired) electrons. The fourth-order valence-corrected chi connectivity index (χ4v) is 8.82. The molecule has 2 aromatic heterocycles. The van der Waals surface area contributed by atoms with Crippen LogP contribution in [-0.2, 0) is 21.4 Å². The smallest absolute Gasteiger partial charge is 0.302 e. The molecule has 2 saturated carbocycles. The number of allylic oxidation sites excluding steroid dienone is 1. The largest absolute Gasteiger partial charge is 0.497 e. The van der Waals surface area contributed by atoms with Gasteiger partial charge >= 0.3 is 5.97 Å². The summed E-state index contributed by atoms with van der Waals surface area (Å²) in [4.78, 5) is 16.4. The van der Waals surface area contributed by atoms with Crippen LogP contribution in [0.4, 0.5) is 0 Å². The van der Waals surface area contributed by atoms with Crippen LogP contribution in [0.5, 0.6) is 5.75 Å². The molecule has 2 heterocycles. The van der Waals surface area contributed by atoms with Crippen LogP contribution < -0.4 is 4.74 Å². The Labute approximate surface area is 224 Å². The van der Waals surface area contributed by atoms with Gasteiger partial charge in [0.2, 0.25) is 0 Å². The minimum Gasteiger partial charge on any atom is -0.497 e. The fraction of sp³-hybridized carbons (Fsp3) is 0.531. The maximum Gasteiger partial charge on any atom is 0.302 e. The van der Waals surface area contributed by atoms with Gasteiger partial charge in [0.25, 0.3) is 0 Å². The van der Waals surface area contributed by atoms with Gasteiger partial charge < -0.3 is 9.47 Å². The number of hydrogen-bond donors (Lipinski definition) is 0. The predicted octanol–water partition coefficient (Wildman–Crippen LogP) is 6.31. The second-order valence-corrected chi connectivity index (χ2v) is 12.6. The molecule has 38 heavy (non-hydrogen) atoms. The van der Waals surface area contributed by atoms with E-state index < -0.39 is 0 Å².